The van der Waals surface area contributed by atoms with Gasteiger partial charge in [-0.15, -0.1) is 0 Å². The Hall–Kier alpha value is -0.570. The van der Waals surface area contributed by atoms with E-state index in [9.17, 15) is 4.79 Å². The van der Waals surface area contributed by atoms with Crippen LogP contribution in [0, 0.1) is 5.41 Å². The van der Waals surface area contributed by atoms with E-state index >= 15 is 0 Å². The third-order valence-corrected chi connectivity index (χ3v) is 2.87. The zero-order chi connectivity index (χ0) is 9.73. The number of rotatable bonds is 4. The number of hydrogen-bond donors (Lipinski definition) is 2. The first-order valence-electron chi connectivity index (χ1n) is 5.13. The van der Waals surface area contributed by atoms with Crippen molar-refractivity contribution in [3.05, 3.63) is 0 Å². The highest BCUT2D eigenvalue weighted by Crippen LogP contribution is 2.33. The molecule has 1 heterocycles. The molecule has 1 amide bonds. The lowest BCUT2D eigenvalue weighted by Gasteiger charge is -2.33. The Balaban J connectivity index is 2.31. The minimum atomic E-state index is 0.210. The highest BCUT2D eigenvalue weighted by atomic mass is 16.1. The SMILES string of the molecule is CC1(CCCCN)CCNC(=O)C1. The van der Waals surface area contributed by atoms with E-state index in [2.05, 4.69) is 12.2 Å². The fourth-order valence-electron chi connectivity index (χ4n) is 1.95. The summed E-state index contributed by atoms with van der Waals surface area (Å²) in [4.78, 5) is 11.2. The van der Waals surface area contributed by atoms with Crippen LogP contribution in [-0.4, -0.2) is 19.0 Å². The Bertz CT molecular complexity index is 182. The molecule has 76 valence electrons. The molecular formula is C10H20N2O. The standard InChI is InChI=1S/C10H20N2O/c1-10(4-2-3-6-11)5-7-12-9(13)8-10/h2-8,11H2,1H3,(H,12,13). The van der Waals surface area contributed by atoms with Crippen LogP contribution in [0.2, 0.25) is 0 Å². The monoisotopic (exact) mass is 184 g/mol. The smallest absolute Gasteiger partial charge is 0.220 e. The molecule has 3 N–H and O–H groups in total. The molecule has 3 nitrogen and oxygen atoms in total. The van der Waals surface area contributed by atoms with Crippen molar-refractivity contribution >= 4 is 5.91 Å². The van der Waals surface area contributed by atoms with Crippen molar-refractivity contribution in [3.63, 3.8) is 0 Å². The van der Waals surface area contributed by atoms with Gasteiger partial charge in [-0.3, -0.25) is 4.79 Å². The van der Waals surface area contributed by atoms with Gasteiger partial charge in [0.15, 0.2) is 0 Å². The van der Waals surface area contributed by atoms with Gasteiger partial charge in [0, 0.05) is 13.0 Å². The molecule has 1 atom stereocenters. The number of carbonyl (C=O) groups excluding carboxylic acids is 1. The molecule has 1 aliphatic rings. The molecule has 0 aliphatic carbocycles. The third-order valence-electron chi connectivity index (χ3n) is 2.87. The number of nitrogens with one attached hydrogen (secondary N) is 1. The predicted molar refractivity (Wildman–Crippen MR) is 53.3 cm³/mol. The van der Waals surface area contributed by atoms with Gasteiger partial charge in [0.05, 0.1) is 0 Å². The number of unbranched alkanes of at least 4 members (excludes halogenated alkanes) is 1. The molecule has 1 aliphatic heterocycles. The molecular weight excluding hydrogens is 164 g/mol. The first kappa shape index (κ1) is 10.5. The molecule has 1 saturated heterocycles. The number of amides is 1. The van der Waals surface area contributed by atoms with E-state index in [1.807, 2.05) is 0 Å². The summed E-state index contributed by atoms with van der Waals surface area (Å²) in [6, 6.07) is 0. The lowest BCUT2D eigenvalue weighted by molar-refractivity contribution is -0.125. The van der Waals surface area contributed by atoms with Crippen LogP contribution >= 0.6 is 0 Å². The van der Waals surface area contributed by atoms with Gasteiger partial charge in [0.25, 0.3) is 0 Å². The Morgan fingerprint density at radius 1 is 1.54 bits per heavy atom. The van der Waals surface area contributed by atoms with Crippen LogP contribution in [0.3, 0.4) is 0 Å². The average molecular weight is 184 g/mol. The van der Waals surface area contributed by atoms with E-state index in [1.165, 1.54) is 0 Å². The van der Waals surface area contributed by atoms with E-state index < -0.39 is 0 Å². The average Bonchev–Trinajstić information content (AvgIpc) is 2.04. The summed E-state index contributed by atoms with van der Waals surface area (Å²) in [5.74, 6) is 0.210. The van der Waals surface area contributed by atoms with Crippen molar-refractivity contribution in [2.45, 2.75) is 39.0 Å². The first-order valence-corrected chi connectivity index (χ1v) is 5.13. The van der Waals surface area contributed by atoms with Crippen molar-refractivity contribution in [3.8, 4) is 0 Å². The minimum Gasteiger partial charge on any atom is -0.356 e. The predicted octanol–water partition coefficient (Wildman–Crippen LogP) is 1.03. The van der Waals surface area contributed by atoms with Gasteiger partial charge in [-0.05, 0) is 31.2 Å². The summed E-state index contributed by atoms with van der Waals surface area (Å²) in [7, 11) is 0. The Morgan fingerprint density at radius 3 is 2.92 bits per heavy atom. The second-order valence-corrected chi connectivity index (χ2v) is 4.33. The largest absolute Gasteiger partial charge is 0.356 e. The van der Waals surface area contributed by atoms with Gasteiger partial charge in [0.2, 0.25) is 5.91 Å². The van der Waals surface area contributed by atoms with Crippen molar-refractivity contribution in [1.82, 2.24) is 5.32 Å². The van der Waals surface area contributed by atoms with Crippen LogP contribution in [0.4, 0.5) is 0 Å². The van der Waals surface area contributed by atoms with Gasteiger partial charge < -0.3 is 11.1 Å². The van der Waals surface area contributed by atoms with Crippen molar-refractivity contribution in [2.75, 3.05) is 13.1 Å². The summed E-state index contributed by atoms with van der Waals surface area (Å²) in [5, 5.41) is 2.86. The molecule has 3 heteroatoms. The zero-order valence-corrected chi connectivity index (χ0v) is 8.44. The lowest BCUT2D eigenvalue weighted by atomic mass is 9.76. The minimum absolute atomic E-state index is 0.210. The van der Waals surface area contributed by atoms with Crippen LogP contribution in [0.15, 0.2) is 0 Å². The maximum Gasteiger partial charge on any atom is 0.220 e. The summed E-state index contributed by atoms with van der Waals surface area (Å²) >= 11 is 0. The van der Waals surface area contributed by atoms with E-state index in [0.717, 1.165) is 38.8 Å². The van der Waals surface area contributed by atoms with Gasteiger partial charge in [-0.1, -0.05) is 13.3 Å². The van der Waals surface area contributed by atoms with Crippen LogP contribution in [-0.2, 0) is 4.79 Å². The molecule has 0 radical (unpaired) electrons. The Labute approximate surface area is 80.1 Å². The topological polar surface area (TPSA) is 55.1 Å². The van der Waals surface area contributed by atoms with Gasteiger partial charge in [0.1, 0.15) is 0 Å². The molecule has 0 spiro atoms. The molecule has 0 saturated carbocycles. The Kier molecular flexibility index (Phi) is 3.72. The molecule has 0 aromatic rings. The third kappa shape index (κ3) is 3.35. The molecule has 0 bridgehead atoms. The second kappa shape index (κ2) is 4.61. The summed E-state index contributed by atoms with van der Waals surface area (Å²) in [5.41, 5.74) is 5.67. The maximum atomic E-state index is 11.2. The molecule has 13 heavy (non-hydrogen) atoms. The summed E-state index contributed by atoms with van der Waals surface area (Å²) in [6.07, 6.45) is 5.18. The summed E-state index contributed by atoms with van der Waals surface area (Å²) in [6.45, 7) is 3.82. The van der Waals surface area contributed by atoms with Crippen molar-refractivity contribution in [2.24, 2.45) is 11.1 Å². The fourth-order valence-corrected chi connectivity index (χ4v) is 1.95. The molecule has 1 unspecified atom stereocenters. The van der Waals surface area contributed by atoms with E-state index in [-0.39, 0.29) is 11.3 Å². The molecule has 0 aromatic heterocycles. The maximum absolute atomic E-state index is 11.2. The van der Waals surface area contributed by atoms with E-state index in [1.54, 1.807) is 0 Å². The van der Waals surface area contributed by atoms with Crippen LogP contribution in [0.1, 0.15) is 39.0 Å². The van der Waals surface area contributed by atoms with Gasteiger partial charge >= 0.3 is 0 Å². The zero-order valence-electron chi connectivity index (χ0n) is 8.44. The number of piperidine rings is 1. The van der Waals surface area contributed by atoms with Crippen molar-refractivity contribution < 1.29 is 4.79 Å². The highest BCUT2D eigenvalue weighted by Gasteiger charge is 2.30. The lowest BCUT2D eigenvalue weighted by Crippen LogP contribution is -2.39. The number of carbonyl (C=O) groups is 1. The molecule has 1 fully saturated rings. The van der Waals surface area contributed by atoms with Crippen LogP contribution in [0.25, 0.3) is 0 Å². The number of nitrogens with two attached hydrogens (primary N) is 1. The van der Waals surface area contributed by atoms with Gasteiger partial charge in [-0.25, -0.2) is 0 Å². The molecule has 0 aromatic carbocycles. The first-order chi connectivity index (χ1) is 6.16. The quantitative estimate of drug-likeness (QED) is 0.641. The summed E-state index contributed by atoms with van der Waals surface area (Å²) < 4.78 is 0. The second-order valence-electron chi connectivity index (χ2n) is 4.33. The Morgan fingerprint density at radius 2 is 2.31 bits per heavy atom. The van der Waals surface area contributed by atoms with Gasteiger partial charge in [-0.2, -0.15) is 0 Å². The number of hydrogen-bond acceptors (Lipinski definition) is 2. The fraction of sp³-hybridized carbons (Fsp3) is 0.900. The highest BCUT2D eigenvalue weighted by molar-refractivity contribution is 5.77. The van der Waals surface area contributed by atoms with E-state index in [4.69, 9.17) is 5.73 Å². The normalized spacial score (nSPS) is 28.6. The van der Waals surface area contributed by atoms with Crippen molar-refractivity contribution in [1.29, 1.82) is 0 Å². The van der Waals surface area contributed by atoms with Crippen LogP contribution in [0.5, 0.6) is 0 Å². The van der Waals surface area contributed by atoms with Crippen LogP contribution < -0.4 is 11.1 Å². The van der Waals surface area contributed by atoms with E-state index in [0.29, 0.717) is 6.42 Å². The molecule has 1 rings (SSSR count).